The van der Waals surface area contributed by atoms with Gasteiger partial charge in [0, 0.05) is 32.0 Å². The highest BCUT2D eigenvalue weighted by atomic mass is 16.2. The number of hydrogen-bond donors (Lipinski definition) is 0. The van der Waals surface area contributed by atoms with Crippen molar-refractivity contribution in [3.63, 3.8) is 0 Å². The first kappa shape index (κ1) is 15.7. The van der Waals surface area contributed by atoms with Crippen molar-refractivity contribution in [2.75, 3.05) is 13.1 Å². The van der Waals surface area contributed by atoms with Gasteiger partial charge in [-0.15, -0.1) is 10.2 Å². The second kappa shape index (κ2) is 7.40. The molecule has 0 spiro atoms. The number of amides is 1. The summed E-state index contributed by atoms with van der Waals surface area (Å²) >= 11 is 0. The third-order valence-corrected chi connectivity index (χ3v) is 4.60. The van der Waals surface area contributed by atoms with Crippen LogP contribution in [0.1, 0.15) is 43.5 Å². The molecule has 0 radical (unpaired) electrons. The first-order valence-electron chi connectivity index (χ1n) is 8.47. The Balaban J connectivity index is 1.58. The lowest BCUT2D eigenvalue weighted by molar-refractivity contribution is -0.132. The Labute approximate surface area is 137 Å². The molecule has 2 aromatic rings. The topological polar surface area (TPSA) is 51.0 Å². The van der Waals surface area contributed by atoms with Gasteiger partial charge in [-0.1, -0.05) is 30.3 Å². The number of carbonyl (C=O) groups excluding carboxylic acids is 1. The molecule has 1 aliphatic heterocycles. The number of aryl methyl sites for hydroxylation is 2. The number of carbonyl (C=O) groups is 1. The van der Waals surface area contributed by atoms with Gasteiger partial charge in [-0.25, -0.2) is 0 Å². The first-order valence-corrected chi connectivity index (χ1v) is 8.47. The molecule has 0 saturated carbocycles. The summed E-state index contributed by atoms with van der Waals surface area (Å²) in [6.07, 6.45) is 5.30. The van der Waals surface area contributed by atoms with Crippen LogP contribution in [0.25, 0.3) is 0 Å². The predicted molar refractivity (Wildman–Crippen MR) is 89.0 cm³/mol. The molecule has 1 saturated heterocycles. The van der Waals surface area contributed by atoms with Gasteiger partial charge in [0.15, 0.2) is 0 Å². The number of aromatic nitrogens is 3. The number of rotatable bonds is 5. The second-order valence-electron chi connectivity index (χ2n) is 6.14. The third-order valence-electron chi connectivity index (χ3n) is 4.60. The highest BCUT2D eigenvalue weighted by Crippen LogP contribution is 2.26. The molecule has 0 aliphatic carbocycles. The van der Waals surface area contributed by atoms with Crippen LogP contribution in [0.2, 0.25) is 0 Å². The van der Waals surface area contributed by atoms with Gasteiger partial charge in [0.2, 0.25) is 5.91 Å². The Morgan fingerprint density at radius 3 is 2.91 bits per heavy atom. The minimum atomic E-state index is 0.251. The first-order chi connectivity index (χ1) is 11.3. The number of nitrogens with zero attached hydrogens (tertiary/aromatic N) is 4. The Hall–Kier alpha value is -2.17. The van der Waals surface area contributed by atoms with Crippen LogP contribution in [0.5, 0.6) is 0 Å². The van der Waals surface area contributed by atoms with E-state index < -0.39 is 0 Å². The van der Waals surface area contributed by atoms with Crippen LogP contribution in [0.15, 0.2) is 36.7 Å². The van der Waals surface area contributed by atoms with Crippen molar-refractivity contribution in [3.05, 3.63) is 48.0 Å². The zero-order valence-corrected chi connectivity index (χ0v) is 13.7. The molecule has 0 bridgehead atoms. The lowest BCUT2D eigenvalue weighted by Gasteiger charge is -2.32. The molecule has 0 N–H and O–H groups in total. The average Bonchev–Trinajstić information content (AvgIpc) is 3.09. The van der Waals surface area contributed by atoms with E-state index in [1.807, 2.05) is 23.1 Å². The van der Waals surface area contributed by atoms with Gasteiger partial charge < -0.3 is 9.47 Å². The third kappa shape index (κ3) is 3.78. The van der Waals surface area contributed by atoms with Gasteiger partial charge in [0.25, 0.3) is 0 Å². The number of piperidine rings is 1. The molecular weight excluding hydrogens is 288 g/mol. The molecule has 2 heterocycles. The zero-order valence-electron chi connectivity index (χ0n) is 13.7. The lowest BCUT2D eigenvalue weighted by atomic mass is 9.96. The highest BCUT2D eigenvalue weighted by Gasteiger charge is 2.27. The molecule has 5 nitrogen and oxygen atoms in total. The minimum Gasteiger partial charge on any atom is -0.342 e. The van der Waals surface area contributed by atoms with Gasteiger partial charge in [0.05, 0.1) is 0 Å². The van der Waals surface area contributed by atoms with Crippen molar-refractivity contribution < 1.29 is 4.79 Å². The van der Waals surface area contributed by atoms with Gasteiger partial charge in [-0.05, 0) is 31.7 Å². The predicted octanol–water partition coefficient (Wildman–Crippen LogP) is 2.64. The van der Waals surface area contributed by atoms with Crippen LogP contribution >= 0.6 is 0 Å². The summed E-state index contributed by atoms with van der Waals surface area (Å²) < 4.78 is 2.09. The van der Waals surface area contributed by atoms with Crippen molar-refractivity contribution in [2.24, 2.45) is 0 Å². The van der Waals surface area contributed by atoms with Gasteiger partial charge in [-0.2, -0.15) is 0 Å². The minimum absolute atomic E-state index is 0.251. The van der Waals surface area contributed by atoms with Crippen LogP contribution in [0.3, 0.4) is 0 Å². The zero-order chi connectivity index (χ0) is 16.1. The Bertz CT molecular complexity index is 637. The number of likely N-dealkylation sites (tertiary alicyclic amines) is 1. The van der Waals surface area contributed by atoms with Gasteiger partial charge >= 0.3 is 0 Å². The van der Waals surface area contributed by atoms with E-state index in [2.05, 4.69) is 33.8 Å². The molecule has 1 amide bonds. The van der Waals surface area contributed by atoms with Gasteiger partial charge in [-0.3, -0.25) is 4.79 Å². The van der Waals surface area contributed by atoms with Crippen LogP contribution in [0, 0.1) is 0 Å². The maximum atomic E-state index is 12.5. The fourth-order valence-corrected chi connectivity index (χ4v) is 3.29. The van der Waals surface area contributed by atoms with E-state index in [0.29, 0.717) is 12.3 Å². The van der Waals surface area contributed by atoms with Crippen LogP contribution in [-0.4, -0.2) is 38.7 Å². The summed E-state index contributed by atoms with van der Waals surface area (Å²) in [6.45, 7) is 4.61. The van der Waals surface area contributed by atoms with Crippen molar-refractivity contribution in [2.45, 2.75) is 45.1 Å². The summed E-state index contributed by atoms with van der Waals surface area (Å²) in [7, 11) is 0. The molecule has 5 heteroatoms. The smallest absolute Gasteiger partial charge is 0.222 e. The molecule has 23 heavy (non-hydrogen) atoms. The summed E-state index contributed by atoms with van der Waals surface area (Å²) in [5, 5.41) is 8.30. The molecule has 1 atom stereocenters. The van der Waals surface area contributed by atoms with Crippen LogP contribution in [0.4, 0.5) is 0 Å². The normalized spacial score (nSPS) is 18.1. The lowest BCUT2D eigenvalue weighted by Crippen LogP contribution is -2.39. The van der Waals surface area contributed by atoms with E-state index >= 15 is 0 Å². The molecule has 122 valence electrons. The Kier molecular flexibility index (Phi) is 5.05. The standard InChI is InChI=1S/C18H24N4O/c1-2-21-14-19-20-18(21)16-9-6-12-22(13-16)17(23)11-10-15-7-4-3-5-8-15/h3-5,7-8,14,16H,2,6,9-13H2,1H3. The number of benzene rings is 1. The maximum Gasteiger partial charge on any atom is 0.222 e. The highest BCUT2D eigenvalue weighted by molar-refractivity contribution is 5.76. The summed E-state index contributed by atoms with van der Waals surface area (Å²) in [6, 6.07) is 10.2. The molecule has 1 unspecified atom stereocenters. The largest absolute Gasteiger partial charge is 0.342 e. The van der Waals surface area contributed by atoms with E-state index in [0.717, 1.165) is 44.7 Å². The SMILES string of the molecule is CCn1cnnc1C1CCCN(C(=O)CCc2ccccc2)C1. The monoisotopic (exact) mass is 312 g/mol. The maximum absolute atomic E-state index is 12.5. The van der Waals surface area contributed by atoms with E-state index in [-0.39, 0.29) is 5.91 Å². The molecule has 1 aromatic carbocycles. The summed E-state index contributed by atoms with van der Waals surface area (Å²) in [5.74, 6) is 1.58. The summed E-state index contributed by atoms with van der Waals surface area (Å²) in [5.41, 5.74) is 1.22. The Morgan fingerprint density at radius 1 is 1.30 bits per heavy atom. The second-order valence-corrected chi connectivity index (χ2v) is 6.14. The van der Waals surface area contributed by atoms with Crippen molar-refractivity contribution >= 4 is 5.91 Å². The molecular formula is C18H24N4O. The van der Waals surface area contributed by atoms with Crippen molar-refractivity contribution in [1.82, 2.24) is 19.7 Å². The van der Waals surface area contributed by atoms with E-state index in [4.69, 9.17) is 0 Å². The van der Waals surface area contributed by atoms with Crippen LogP contribution < -0.4 is 0 Å². The van der Waals surface area contributed by atoms with E-state index in [1.54, 1.807) is 6.33 Å². The molecule has 3 rings (SSSR count). The van der Waals surface area contributed by atoms with Gasteiger partial charge in [0.1, 0.15) is 12.2 Å². The molecule has 1 aromatic heterocycles. The quantitative estimate of drug-likeness (QED) is 0.853. The van der Waals surface area contributed by atoms with E-state index in [9.17, 15) is 4.79 Å². The fraction of sp³-hybridized carbons (Fsp3) is 0.500. The fourth-order valence-electron chi connectivity index (χ4n) is 3.29. The molecule has 1 fully saturated rings. The van der Waals surface area contributed by atoms with Crippen molar-refractivity contribution in [3.8, 4) is 0 Å². The molecule has 1 aliphatic rings. The van der Waals surface area contributed by atoms with E-state index in [1.165, 1.54) is 5.56 Å². The Morgan fingerprint density at radius 2 is 2.13 bits per heavy atom. The van der Waals surface area contributed by atoms with Crippen molar-refractivity contribution in [1.29, 1.82) is 0 Å². The number of hydrogen-bond acceptors (Lipinski definition) is 3. The summed E-state index contributed by atoms with van der Waals surface area (Å²) in [4.78, 5) is 14.5. The van der Waals surface area contributed by atoms with Crippen LogP contribution in [-0.2, 0) is 17.8 Å². The average molecular weight is 312 g/mol.